The van der Waals surface area contributed by atoms with Crippen molar-refractivity contribution in [2.45, 2.75) is 29.5 Å². The molecule has 0 saturated carbocycles. The molecule has 1 unspecified atom stereocenters. The van der Waals surface area contributed by atoms with E-state index in [9.17, 15) is 18.0 Å². The van der Waals surface area contributed by atoms with Gasteiger partial charge in [0.2, 0.25) is 11.0 Å². The van der Waals surface area contributed by atoms with E-state index in [0.29, 0.717) is 16.0 Å². The third kappa shape index (κ3) is 7.37. The third-order valence-electron chi connectivity index (χ3n) is 3.79. The van der Waals surface area contributed by atoms with Crippen LogP contribution in [0.5, 0.6) is 5.75 Å². The molecule has 158 valence electrons. The Morgan fingerprint density at radius 3 is 2.93 bits per heavy atom. The molecule has 12 heteroatoms. The van der Waals surface area contributed by atoms with Crippen molar-refractivity contribution in [3.63, 3.8) is 0 Å². The molecule has 3 rings (SSSR count). The molecule has 2 aromatic rings. The van der Waals surface area contributed by atoms with Crippen LogP contribution in [0.1, 0.15) is 12.8 Å². The largest absolute Gasteiger partial charge is 0.482 e. The lowest BCUT2D eigenvalue weighted by molar-refractivity contribution is -0.153. The predicted molar refractivity (Wildman–Crippen MR) is 105 cm³/mol. The predicted octanol–water partition coefficient (Wildman–Crippen LogP) is 3.80. The van der Waals surface area contributed by atoms with Crippen molar-refractivity contribution in [3.8, 4) is 5.75 Å². The lowest BCUT2D eigenvalue weighted by Gasteiger charge is -2.13. The quantitative estimate of drug-likeness (QED) is 0.565. The minimum Gasteiger partial charge on any atom is -0.482 e. The molecule has 1 atom stereocenters. The van der Waals surface area contributed by atoms with E-state index in [4.69, 9.17) is 9.47 Å². The molecular formula is C17H19F3N4O3S2. The van der Waals surface area contributed by atoms with Gasteiger partial charge >= 0.3 is 6.18 Å². The fourth-order valence-electron chi connectivity index (χ4n) is 2.51. The van der Waals surface area contributed by atoms with Gasteiger partial charge in [-0.1, -0.05) is 35.2 Å². The Hall–Kier alpha value is -2.05. The van der Waals surface area contributed by atoms with Crippen LogP contribution in [-0.4, -0.2) is 53.9 Å². The van der Waals surface area contributed by atoms with Crippen LogP contribution >= 0.6 is 23.1 Å². The number of nitrogens with one attached hydrogen (secondary N) is 2. The molecular weight excluding hydrogens is 429 g/mol. The molecule has 1 aliphatic heterocycles. The van der Waals surface area contributed by atoms with Gasteiger partial charge in [-0.2, -0.15) is 13.2 Å². The van der Waals surface area contributed by atoms with E-state index in [0.717, 1.165) is 19.4 Å². The second-order valence-corrected chi connectivity index (χ2v) is 8.33. The normalized spacial score (nSPS) is 16.6. The summed E-state index contributed by atoms with van der Waals surface area (Å²) in [5.74, 6) is -0.393. The number of hydrogen-bond donors (Lipinski definition) is 2. The number of amides is 1. The lowest BCUT2D eigenvalue weighted by atomic mass is 10.2. The molecule has 0 aliphatic carbocycles. The first-order chi connectivity index (χ1) is 13.9. The van der Waals surface area contributed by atoms with Gasteiger partial charge in [-0.15, -0.1) is 10.2 Å². The van der Waals surface area contributed by atoms with E-state index < -0.39 is 12.8 Å². The van der Waals surface area contributed by atoms with E-state index in [1.165, 1.54) is 41.3 Å². The SMILES string of the molecule is O=C(CSc1nnc(NCC2CCCO2)s1)Nc1ccccc1OCC(F)(F)F. The molecule has 2 heterocycles. The molecule has 1 aromatic heterocycles. The standard InChI is InChI=1S/C17H19F3N4O3S2/c18-17(19,20)10-27-13-6-2-1-5-12(13)22-14(25)9-28-16-24-23-15(29-16)21-8-11-4-3-7-26-11/h1-2,5-6,11H,3-4,7-10H2,(H,21,23)(H,22,25). The summed E-state index contributed by atoms with van der Waals surface area (Å²) in [6.07, 6.45) is -2.20. The monoisotopic (exact) mass is 448 g/mol. The Morgan fingerprint density at radius 2 is 2.17 bits per heavy atom. The zero-order valence-electron chi connectivity index (χ0n) is 15.2. The fourth-order valence-corrected chi connectivity index (χ4v) is 4.07. The second kappa shape index (κ2) is 10.1. The van der Waals surface area contributed by atoms with Crippen molar-refractivity contribution in [2.24, 2.45) is 0 Å². The smallest absolute Gasteiger partial charge is 0.422 e. The van der Waals surface area contributed by atoms with Crippen molar-refractivity contribution in [1.82, 2.24) is 10.2 Å². The maximum Gasteiger partial charge on any atom is 0.422 e. The number of anilines is 2. The molecule has 7 nitrogen and oxygen atoms in total. The first kappa shape index (κ1) is 21.7. The first-order valence-corrected chi connectivity index (χ1v) is 10.6. The number of halogens is 3. The molecule has 1 aromatic carbocycles. The minimum atomic E-state index is -4.46. The molecule has 2 N–H and O–H groups in total. The number of thioether (sulfide) groups is 1. The van der Waals surface area contributed by atoms with Crippen LogP contribution in [0.2, 0.25) is 0 Å². The van der Waals surface area contributed by atoms with Crippen molar-refractivity contribution < 1.29 is 27.4 Å². The van der Waals surface area contributed by atoms with Crippen LogP contribution in [-0.2, 0) is 9.53 Å². The van der Waals surface area contributed by atoms with Gasteiger partial charge in [0.05, 0.1) is 17.5 Å². The Labute approximate surface area is 173 Å². The molecule has 0 spiro atoms. The van der Waals surface area contributed by atoms with Gasteiger partial charge < -0.3 is 20.1 Å². The summed E-state index contributed by atoms with van der Waals surface area (Å²) in [6, 6.07) is 5.97. The Morgan fingerprint density at radius 1 is 1.34 bits per heavy atom. The van der Waals surface area contributed by atoms with Crippen LogP contribution in [0, 0.1) is 0 Å². The second-order valence-electron chi connectivity index (χ2n) is 6.13. The zero-order valence-corrected chi connectivity index (χ0v) is 16.8. The van der Waals surface area contributed by atoms with Crippen LogP contribution in [0.3, 0.4) is 0 Å². The van der Waals surface area contributed by atoms with E-state index >= 15 is 0 Å². The van der Waals surface area contributed by atoms with Gasteiger partial charge in [0.15, 0.2) is 10.9 Å². The van der Waals surface area contributed by atoms with Gasteiger partial charge in [-0.25, -0.2) is 0 Å². The number of nitrogens with zero attached hydrogens (tertiary/aromatic N) is 2. The number of para-hydroxylation sites is 2. The summed E-state index contributed by atoms with van der Waals surface area (Å²) in [7, 11) is 0. The summed E-state index contributed by atoms with van der Waals surface area (Å²) in [4.78, 5) is 12.2. The van der Waals surface area contributed by atoms with E-state index in [1.54, 1.807) is 6.07 Å². The topological polar surface area (TPSA) is 85.4 Å². The molecule has 29 heavy (non-hydrogen) atoms. The Kier molecular flexibility index (Phi) is 7.56. The minimum absolute atomic E-state index is 0.0357. The van der Waals surface area contributed by atoms with Crippen molar-refractivity contribution in [3.05, 3.63) is 24.3 Å². The van der Waals surface area contributed by atoms with Crippen LogP contribution in [0.25, 0.3) is 0 Å². The number of ether oxygens (including phenoxy) is 2. The lowest BCUT2D eigenvalue weighted by Crippen LogP contribution is -2.20. The van der Waals surface area contributed by atoms with Gasteiger partial charge in [0.25, 0.3) is 0 Å². The fraction of sp³-hybridized carbons (Fsp3) is 0.471. The highest BCUT2D eigenvalue weighted by Gasteiger charge is 2.29. The summed E-state index contributed by atoms with van der Waals surface area (Å²) in [5.41, 5.74) is 0.179. The number of carbonyl (C=O) groups is 1. The molecule has 0 bridgehead atoms. The van der Waals surface area contributed by atoms with Gasteiger partial charge in [0.1, 0.15) is 5.75 Å². The highest BCUT2D eigenvalue weighted by atomic mass is 32.2. The maximum absolute atomic E-state index is 12.3. The first-order valence-electron chi connectivity index (χ1n) is 8.79. The molecule has 0 radical (unpaired) electrons. The van der Waals surface area contributed by atoms with Gasteiger partial charge in [-0.05, 0) is 25.0 Å². The molecule has 1 aliphatic rings. The third-order valence-corrected chi connectivity index (χ3v) is 5.80. The maximum atomic E-state index is 12.3. The van der Waals surface area contributed by atoms with Crippen LogP contribution in [0.15, 0.2) is 28.6 Å². The van der Waals surface area contributed by atoms with Gasteiger partial charge in [-0.3, -0.25) is 4.79 Å². The van der Waals surface area contributed by atoms with Crippen molar-refractivity contribution >= 4 is 39.8 Å². The Bertz CT molecular complexity index is 813. The molecule has 1 amide bonds. The van der Waals surface area contributed by atoms with Crippen molar-refractivity contribution in [2.75, 3.05) is 36.1 Å². The van der Waals surface area contributed by atoms with Crippen molar-refractivity contribution in [1.29, 1.82) is 0 Å². The van der Waals surface area contributed by atoms with E-state index in [-0.39, 0.29) is 29.2 Å². The van der Waals surface area contributed by atoms with Gasteiger partial charge in [0, 0.05) is 13.2 Å². The number of alkyl halides is 3. The summed E-state index contributed by atoms with van der Waals surface area (Å²) < 4.78 is 47.9. The average molecular weight is 448 g/mol. The highest BCUT2D eigenvalue weighted by molar-refractivity contribution is 8.01. The average Bonchev–Trinajstić information content (AvgIpc) is 3.35. The number of benzene rings is 1. The van der Waals surface area contributed by atoms with Crippen LogP contribution < -0.4 is 15.4 Å². The number of rotatable bonds is 9. The molecule has 1 saturated heterocycles. The van der Waals surface area contributed by atoms with E-state index in [2.05, 4.69) is 20.8 Å². The number of carbonyl (C=O) groups excluding carboxylic acids is 1. The summed E-state index contributed by atoms with van der Waals surface area (Å²) >= 11 is 2.51. The van der Waals surface area contributed by atoms with Crippen LogP contribution in [0.4, 0.5) is 24.0 Å². The van der Waals surface area contributed by atoms with E-state index in [1.807, 2.05) is 0 Å². The molecule has 1 fully saturated rings. The Balaban J connectivity index is 1.45. The number of hydrogen-bond acceptors (Lipinski definition) is 8. The number of aromatic nitrogens is 2. The summed E-state index contributed by atoms with van der Waals surface area (Å²) in [5, 5.41) is 14.4. The zero-order chi connectivity index (χ0) is 20.7. The highest BCUT2D eigenvalue weighted by Crippen LogP contribution is 2.28. The summed E-state index contributed by atoms with van der Waals surface area (Å²) in [6.45, 7) is 0.0125.